The Morgan fingerprint density at radius 2 is 2.21 bits per heavy atom. The molecule has 1 saturated carbocycles. The molecule has 0 bridgehead atoms. The molecule has 1 aliphatic rings. The van der Waals surface area contributed by atoms with Gasteiger partial charge in [-0.1, -0.05) is 24.4 Å². The van der Waals surface area contributed by atoms with Crippen molar-refractivity contribution in [3.63, 3.8) is 0 Å². The van der Waals surface area contributed by atoms with Gasteiger partial charge in [-0.05, 0) is 18.0 Å². The van der Waals surface area contributed by atoms with E-state index in [0.29, 0.717) is 6.04 Å². The number of nitrogens with one attached hydrogen (secondary N) is 1. The molecule has 1 fully saturated rings. The Morgan fingerprint density at radius 3 is 2.86 bits per heavy atom. The standard InChI is InChI=1S/C9H13N3O2/c13-9(8-6-10-14-12-8)11-7-4-2-1-3-5-7/h6-7H,1-5H2,(H,11,13). The molecule has 1 aliphatic carbocycles. The topological polar surface area (TPSA) is 68.0 Å². The van der Waals surface area contributed by atoms with Crippen LogP contribution in [0.3, 0.4) is 0 Å². The molecule has 0 atom stereocenters. The fourth-order valence-corrected chi connectivity index (χ4v) is 1.77. The summed E-state index contributed by atoms with van der Waals surface area (Å²) in [6.07, 6.45) is 7.13. The fraction of sp³-hybridized carbons (Fsp3) is 0.667. The van der Waals surface area contributed by atoms with E-state index in [0.717, 1.165) is 12.8 Å². The number of hydrogen-bond donors (Lipinski definition) is 1. The van der Waals surface area contributed by atoms with Gasteiger partial charge in [0.1, 0.15) is 6.20 Å². The second-order valence-electron chi connectivity index (χ2n) is 3.60. The molecule has 5 nitrogen and oxygen atoms in total. The molecule has 2 rings (SSSR count). The number of rotatable bonds is 2. The van der Waals surface area contributed by atoms with E-state index >= 15 is 0 Å². The molecular weight excluding hydrogens is 182 g/mol. The van der Waals surface area contributed by atoms with Gasteiger partial charge in [0, 0.05) is 6.04 Å². The SMILES string of the molecule is O=C(NC1CCCCC1)c1cnon1. The first-order chi connectivity index (χ1) is 6.86. The third-order valence-corrected chi connectivity index (χ3v) is 2.53. The quantitative estimate of drug-likeness (QED) is 0.768. The van der Waals surface area contributed by atoms with E-state index in [2.05, 4.69) is 20.3 Å². The maximum absolute atomic E-state index is 11.5. The predicted octanol–water partition coefficient (Wildman–Crippen LogP) is 1.13. The Balaban J connectivity index is 1.87. The summed E-state index contributed by atoms with van der Waals surface area (Å²) < 4.78 is 4.36. The van der Waals surface area contributed by atoms with Crippen LogP contribution in [0.5, 0.6) is 0 Å². The van der Waals surface area contributed by atoms with E-state index in [1.165, 1.54) is 25.5 Å². The highest BCUT2D eigenvalue weighted by atomic mass is 16.6. The normalized spacial score (nSPS) is 18.0. The molecule has 0 spiro atoms. The number of amides is 1. The summed E-state index contributed by atoms with van der Waals surface area (Å²) in [6.45, 7) is 0. The van der Waals surface area contributed by atoms with Crippen LogP contribution in [0.2, 0.25) is 0 Å². The van der Waals surface area contributed by atoms with E-state index in [9.17, 15) is 4.79 Å². The summed E-state index contributed by atoms with van der Waals surface area (Å²) in [5.41, 5.74) is 0.260. The van der Waals surface area contributed by atoms with Crippen LogP contribution >= 0.6 is 0 Å². The molecule has 14 heavy (non-hydrogen) atoms. The highest BCUT2D eigenvalue weighted by Crippen LogP contribution is 2.17. The predicted molar refractivity (Wildman–Crippen MR) is 48.6 cm³/mol. The number of carbonyl (C=O) groups excluding carboxylic acids is 1. The first kappa shape index (κ1) is 9.18. The fourth-order valence-electron chi connectivity index (χ4n) is 1.77. The number of hydrogen-bond acceptors (Lipinski definition) is 4. The van der Waals surface area contributed by atoms with E-state index < -0.39 is 0 Å². The lowest BCUT2D eigenvalue weighted by atomic mass is 9.95. The Labute approximate surface area is 81.8 Å². The van der Waals surface area contributed by atoms with E-state index in [1.54, 1.807) is 0 Å². The van der Waals surface area contributed by atoms with Gasteiger partial charge in [-0.3, -0.25) is 4.79 Å². The molecular formula is C9H13N3O2. The minimum atomic E-state index is -0.182. The molecule has 1 aromatic rings. The third-order valence-electron chi connectivity index (χ3n) is 2.53. The Kier molecular flexibility index (Phi) is 2.76. The van der Waals surface area contributed by atoms with Gasteiger partial charge < -0.3 is 5.32 Å². The number of nitrogens with zero attached hydrogens (tertiary/aromatic N) is 2. The van der Waals surface area contributed by atoms with Gasteiger partial charge in [-0.2, -0.15) is 0 Å². The van der Waals surface area contributed by atoms with Crippen LogP contribution in [0.1, 0.15) is 42.6 Å². The minimum Gasteiger partial charge on any atom is -0.348 e. The number of carbonyl (C=O) groups is 1. The van der Waals surface area contributed by atoms with Crippen LogP contribution in [0.25, 0.3) is 0 Å². The largest absolute Gasteiger partial charge is 0.348 e. The Bertz CT molecular complexity index is 291. The van der Waals surface area contributed by atoms with Crippen LogP contribution in [0.15, 0.2) is 10.8 Å². The molecule has 0 unspecified atom stereocenters. The lowest BCUT2D eigenvalue weighted by Crippen LogP contribution is -2.36. The van der Waals surface area contributed by atoms with Crippen molar-refractivity contribution in [2.24, 2.45) is 0 Å². The van der Waals surface area contributed by atoms with Crippen molar-refractivity contribution in [3.8, 4) is 0 Å². The lowest BCUT2D eigenvalue weighted by Gasteiger charge is -2.21. The average molecular weight is 195 g/mol. The molecule has 0 aromatic carbocycles. The van der Waals surface area contributed by atoms with Crippen molar-refractivity contribution >= 4 is 5.91 Å². The summed E-state index contributed by atoms with van der Waals surface area (Å²) in [6, 6.07) is 0.299. The monoisotopic (exact) mass is 195 g/mol. The van der Waals surface area contributed by atoms with Crippen molar-refractivity contribution in [2.45, 2.75) is 38.1 Å². The summed E-state index contributed by atoms with van der Waals surface area (Å²) in [4.78, 5) is 11.5. The zero-order valence-corrected chi connectivity index (χ0v) is 7.90. The van der Waals surface area contributed by atoms with Crippen LogP contribution < -0.4 is 5.32 Å². The van der Waals surface area contributed by atoms with Crippen LogP contribution in [0.4, 0.5) is 0 Å². The molecule has 76 valence electrons. The first-order valence-corrected chi connectivity index (χ1v) is 4.94. The molecule has 1 amide bonds. The van der Waals surface area contributed by atoms with E-state index in [-0.39, 0.29) is 11.6 Å². The first-order valence-electron chi connectivity index (χ1n) is 4.94. The average Bonchev–Trinajstić information content (AvgIpc) is 2.72. The highest BCUT2D eigenvalue weighted by Gasteiger charge is 2.18. The van der Waals surface area contributed by atoms with Crippen LogP contribution in [0, 0.1) is 0 Å². The highest BCUT2D eigenvalue weighted by molar-refractivity contribution is 5.91. The molecule has 1 N–H and O–H groups in total. The van der Waals surface area contributed by atoms with Crippen LogP contribution in [-0.4, -0.2) is 22.3 Å². The molecule has 1 aromatic heterocycles. The summed E-state index contributed by atoms with van der Waals surface area (Å²) >= 11 is 0. The zero-order valence-electron chi connectivity index (χ0n) is 7.90. The van der Waals surface area contributed by atoms with Gasteiger partial charge >= 0.3 is 0 Å². The van der Waals surface area contributed by atoms with E-state index in [1.807, 2.05) is 0 Å². The Hall–Kier alpha value is -1.39. The molecule has 0 aliphatic heterocycles. The summed E-state index contributed by atoms with van der Waals surface area (Å²) in [5, 5.41) is 9.79. The molecule has 0 radical (unpaired) electrons. The molecule has 5 heteroatoms. The Morgan fingerprint density at radius 1 is 1.43 bits per heavy atom. The second kappa shape index (κ2) is 4.21. The van der Waals surface area contributed by atoms with Crippen molar-refractivity contribution in [1.29, 1.82) is 0 Å². The van der Waals surface area contributed by atoms with Crippen molar-refractivity contribution in [1.82, 2.24) is 15.6 Å². The summed E-state index contributed by atoms with van der Waals surface area (Å²) in [5.74, 6) is -0.182. The van der Waals surface area contributed by atoms with Gasteiger partial charge in [0.15, 0.2) is 5.69 Å². The summed E-state index contributed by atoms with van der Waals surface area (Å²) in [7, 11) is 0. The van der Waals surface area contributed by atoms with Crippen molar-refractivity contribution in [2.75, 3.05) is 0 Å². The third kappa shape index (κ3) is 2.10. The number of aromatic nitrogens is 2. The van der Waals surface area contributed by atoms with Crippen molar-refractivity contribution < 1.29 is 9.42 Å². The molecule has 1 heterocycles. The molecule has 0 saturated heterocycles. The van der Waals surface area contributed by atoms with Crippen molar-refractivity contribution in [3.05, 3.63) is 11.9 Å². The zero-order chi connectivity index (χ0) is 9.80. The van der Waals surface area contributed by atoms with Gasteiger partial charge in [-0.25, -0.2) is 4.63 Å². The van der Waals surface area contributed by atoms with Crippen LogP contribution in [-0.2, 0) is 0 Å². The second-order valence-corrected chi connectivity index (χ2v) is 3.60. The van der Waals surface area contributed by atoms with Gasteiger partial charge in [0.2, 0.25) is 0 Å². The van der Waals surface area contributed by atoms with Gasteiger partial charge in [0.25, 0.3) is 5.91 Å². The smallest absolute Gasteiger partial charge is 0.275 e. The maximum Gasteiger partial charge on any atom is 0.275 e. The lowest BCUT2D eigenvalue weighted by molar-refractivity contribution is 0.0917. The maximum atomic E-state index is 11.5. The van der Waals surface area contributed by atoms with Gasteiger partial charge in [0.05, 0.1) is 0 Å². The minimum absolute atomic E-state index is 0.182. The van der Waals surface area contributed by atoms with Gasteiger partial charge in [-0.15, -0.1) is 0 Å². The van der Waals surface area contributed by atoms with E-state index in [4.69, 9.17) is 0 Å².